The van der Waals surface area contributed by atoms with Crippen LogP contribution < -0.4 is 10.1 Å². The molecule has 0 aromatic heterocycles. The van der Waals surface area contributed by atoms with E-state index in [-0.39, 0.29) is 6.04 Å². The maximum absolute atomic E-state index is 5.90. The van der Waals surface area contributed by atoms with Gasteiger partial charge >= 0.3 is 0 Å². The molecule has 0 bridgehead atoms. The van der Waals surface area contributed by atoms with Crippen molar-refractivity contribution >= 4 is 0 Å². The average molecular weight is 267 g/mol. The molecule has 0 aliphatic heterocycles. The van der Waals surface area contributed by atoms with Gasteiger partial charge in [-0.05, 0) is 55.6 Å². The van der Waals surface area contributed by atoms with Gasteiger partial charge in [0, 0.05) is 0 Å². The van der Waals surface area contributed by atoms with E-state index >= 15 is 0 Å². The molecule has 2 nitrogen and oxygen atoms in total. The lowest BCUT2D eigenvalue weighted by molar-refractivity contribution is 0.302. The van der Waals surface area contributed by atoms with Crippen molar-refractivity contribution in [3.8, 4) is 5.75 Å². The molecule has 1 aliphatic carbocycles. The van der Waals surface area contributed by atoms with E-state index in [1.54, 1.807) is 0 Å². The summed E-state index contributed by atoms with van der Waals surface area (Å²) in [5, 5.41) is 3.42. The largest absolute Gasteiger partial charge is 0.490 e. The van der Waals surface area contributed by atoms with Gasteiger partial charge in [0.1, 0.15) is 5.75 Å². The molecule has 1 N–H and O–H groups in total. The highest BCUT2D eigenvalue weighted by Crippen LogP contribution is 2.30. The number of aryl methyl sites for hydroxylation is 1. The molecule has 1 atom stereocenters. The van der Waals surface area contributed by atoms with Crippen LogP contribution in [0.1, 0.15) is 35.6 Å². The van der Waals surface area contributed by atoms with Crippen molar-refractivity contribution in [1.82, 2.24) is 5.32 Å². The van der Waals surface area contributed by atoms with Gasteiger partial charge in [0.2, 0.25) is 0 Å². The van der Waals surface area contributed by atoms with Gasteiger partial charge in [-0.25, -0.2) is 0 Å². The predicted molar refractivity (Wildman–Crippen MR) is 82.2 cm³/mol. The SMILES string of the molecule is CNC(c1cccc(OC2CC2)c1)c1ccccc1C. The number of ether oxygens (including phenoxy) is 1. The maximum Gasteiger partial charge on any atom is 0.120 e. The minimum atomic E-state index is 0.207. The van der Waals surface area contributed by atoms with Crippen LogP contribution in [-0.2, 0) is 0 Å². The van der Waals surface area contributed by atoms with Gasteiger partial charge in [-0.2, -0.15) is 0 Å². The first kappa shape index (κ1) is 13.2. The Bertz CT molecular complexity index is 589. The molecule has 0 amide bonds. The Morgan fingerprint density at radius 2 is 1.90 bits per heavy atom. The van der Waals surface area contributed by atoms with Crippen LogP contribution in [0, 0.1) is 6.92 Å². The third-order valence-electron chi connectivity index (χ3n) is 3.81. The highest BCUT2D eigenvalue weighted by Gasteiger charge is 2.24. The fourth-order valence-corrected chi connectivity index (χ4v) is 2.56. The molecule has 0 saturated heterocycles. The third kappa shape index (κ3) is 2.86. The summed E-state index contributed by atoms with van der Waals surface area (Å²) in [5.41, 5.74) is 3.87. The number of benzene rings is 2. The Labute approximate surface area is 120 Å². The zero-order chi connectivity index (χ0) is 13.9. The Morgan fingerprint density at radius 1 is 1.10 bits per heavy atom. The van der Waals surface area contributed by atoms with E-state index < -0.39 is 0 Å². The van der Waals surface area contributed by atoms with E-state index in [1.807, 2.05) is 13.1 Å². The van der Waals surface area contributed by atoms with E-state index in [0.717, 1.165) is 5.75 Å². The summed E-state index contributed by atoms with van der Waals surface area (Å²) in [6.45, 7) is 2.16. The summed E-state index contributed by atoms with van der Waals surface area (Å²) in [5.74, 6) is 0.985. The van der Waals surface area contributed by atoms with Crippen molar-refractivity contribution in [1.29, 1.82) is 0 Å². The molecule has 0 spiro atoms. The highest BCUT2D eigenvalue weighted by atomic mass is 16.5. The fourth-order valence-electron chi connectivity index (χ4n) is 2.56. The highest BCUT2D eigenvalue weighted by molar-refractivity contribution is 5.39. The van der Waals surface area contributed by atoms with Crippen LogP contribution >= 0.6 is 0 Å². The summed E-state index contributed by atoms with van der Waals surface area (Å²) >= 11 is 0. The fraction of sp³-hybridized carbons (Fsp3) is 0.333. The van der Waals surface area contributed by atoms with Crippen molar-refractivity contribution in [3.05, 3.63) is 65.2 Å². The molecular weight excluding hydrogens is 246 g/mol. The lowest BCUT2D eigenvalue weighted by Gasteiger charge is -2.20. The zero-order valence-electron chi connectivity index (χ0n) is 12.1. The third-order valence-corrected chi connectivity index (χ3v) is 3.81. The van der Waals surface area contributed by atoms with Crippen LogP contribution in [0.5, 0.6) is 5.75 Å². The average Bonchev–Trinajstić information content (AvgIpc) is 3.26. The molecule has 2 heteroatoms. The van der Waals surface area contributed by atoms with Crippen LogP contribution in [-0.4, -0.2) is 13.2 Å². The van der Waals surface area contributed by atoms with Gasteiger partial charge in [-0.15, -0.1) is 0 Å². The molecule has 1 aliphatic rings. The second-order valence-electron chi connectivity index (χ2n) is 5.47. The molecule has 2 aromatic carbocycles. The van der Waals surface area contributed by atoms with Gasteiger partial charge in [0.25, 0.3) is 0 Å². The van der Waals surface area contributed by atoms with Gasteiger partial charge in [-0.1, -0.05) is 36.4 Å². The van der Waals surface area contributed by atoms with Crippen molar-refractivity contribution in [2.75, 3.05) is 7.05 Å². The molecule has 1 saturated carbocycles. The first-order valence-corrected chi connectivity index (χ1v) is 7.27. The van der Waals surface area contributed by atoms with E-state index in [0.29, 0.717) is 6.10 Å². The number of hydrogen-bond donors (Lipinski definition) is 1. The van der Waals surface area contributed by atoms with Crippen molar-refractivity contribution in [2.45, 2.75) is 31.9 Å². The Hall–Kier alpha value is -1.80. The molecule has 2 aromatic rings. The predicted octanol–water partition coefficient (Wildman–Crippen LogP) is 3.85. The van der Waals surface area contributed by atoms with Crippen LogP contribution in [0.25, 0.3) is 0 Å². The topological polar surface area (TPSA) is 21.3 Å². The van der Waals surface area contributed by atoms with E-state index in [2.05, 4.69) is 54.7 Å². The summed E-state index contributed by atoms with van der Waals surface area (Å²) < 4.78 is 5.90. The lowest BCUT2D eigenvalue weighted by atomic mass is 9.95. The second-order valence-corrected chi connectivity index (χ2v) is 5.47. The lowest BCUT2D eigenvalue weighted by Crippen LogP contribution is -2.18. The molecule has 1 fully saturated rings. The van der Waals surface area contributed by atoms with Crippen molar-refractivity contribution < 1.29 is 4.74 Å². The van der Waals surface area contributed by atoms with Crippen molar-refractivity contribution in [2.24, 2.45) is 0 Å². The summed E-state index contributed by atoms with van der Waals surface area (Å²) in [6, 6.07) is 17.2. The van der Waals surface area contributed by atoms with Crippen molar-refractivity contribution in [3.63, 3.8) is 0 Å². The summed E-state index contributed by atoms with van der Waals surface area (Å²) in [6.07, 6.45) is 2.83. The van der Waals surface area contributed by atoms with E-state index in [9.17, 15) is 0 Å². The number of rotatable bonds is 5. The number of hydrogen-bond acceptors (Lipinski definition) is 2. The zero-order valence-corrected chi connectivity index (χ0v) is 12.1. The maximum atomic E-state index is 5.90. The molecule has 3 rings (SSSR count). The molecular formula is C18H21NO. The minimum Gasteiger partial charge on any atom is -0.490 e. The number of nitrogens with one attached hydrogen (secondary N) is 1. The van der Waals surface area contributed by atoms with Crippen LogP contribution in [0.2, 0.25) is 0 Å². The van der Waals surface area contributed by atoms with E-state index in [4.69, 9.17) is 4.74 Å². The van der Waals surface area contributed by atoms with Crippen LogP contribution in [0.15, 0.2) is 48.5 Å². The Balaban J connectivity index is 1.90. The monoisotopic (exact) mass is 267 g/mol. The molecule has 20 heavy (non-hydrogen) atoms. The van der Waals surface area contributed by atoms with Gasteiger partial charge in [0.15, 0.2) is 0 Å². The first-order chi connectivity index (χ1) is 9.78. The Morgan fingerprint density at radius 3 is 2.60 bits per heavy atom. The van der Waals surface area contributed by atoms with Gasteiger partial charge in [0.05, 0.1) is 12.1 Å². The second kappa shape index (κ2) is 5.68. The standard InChI is InChI=1S/C18H21NO/c1-13-6-3-4-9-17(13)18(19-2)14-7-5-8-16(12-14)20-15-10-11-15/h3-9,12,15,18-19H,10-11H2,1-2H3. The van der Waals surface area contributed by atoms with Crippen LogP contribution in [0.4, 0.5) is 0 Å². The Kier molecular flexibility index (Phi) is 3.75. The van der Waals surface area contributed by atoms with E-state index in [1.165, 1.54) is 29.5 Å². The first-order valence-electron chi connectivity index (χ1n) is 7.27. The molecule has 0 heterocycles. The molecule has 0 radical (unpaired) electrons. The summed E-state index contributed by atoms with van der Waals surface area (Å²) in [4.78, 5) is 0. The molecule has 1 unspecified atom stereocenters. The minimum absolute atomic E-state index is 0.207. The smallest absolute Gasteiger partial charge is 0.120 e. The molecule has 104 valence electrons. The quantitative estimate of drug-likeness (QED) is 0.888. The van der Waals surface area contributed by atoms with Gasteiger partial charge < -0.3 is 10.1 Å². The van der Waals surface area contributed by atoms with Crippen LogP contribution in [0.3, 0.4) is 0 Å². The normalized spacial score (nSPS) is 15.9. The van der Waals surface area contributed by atoms with Gasteiger partial charge in [-0.3, -0.25) is 0 Å². The summed E-state index contributed by atoms with van der Waals surface area (Å²) in [7, 11) is 2.01.